The number of aryl methyl sites for hydroxylation is 1. The molecule has 1 aliphatic carbocycles. The van der Waals surface area contributed by atoms with Gasteiger partial charge in [0, 0.05) is 19.1 Å². The van der Waals surface area contributed by atoms with Gasteiger partial charge < -0.3 is 14.6 Å². The smallest absolute Gasteiger partial charge is 0.243 e. The number of sulfonamides is 1. The number of hydrogen-bond acceptors (Lipinski definition) is 7. The maximum Gasteiger partial charge on any atom is 0.243 e. The Morgan fingerprint density at radius 3 is 2.61 bits per heavy atom. The monoisotopic (exact) mass is 493 g/mol. The molecule has 1 aliphatic heterocycles. The van der Waals surface area contributed by atoms with Gasteiger partial charge in [-0.15, -0.1) is 10.2 Å². The molecule has 2 heterocycles. The van der Waals surface area contributed by atoms with Crippen molar-refractivity contribution in [3.8, 4) is 5.75 Å². The van der Waals surface area contributed by atoms with Crippen LogP contribution >= 0.6 is 11.8 Å². The summed E-state index contributed by atoms with van der Waals surface area (Å²) < 4.78 is 35.7. The molecule has 1 saturated carbocycles. The van der Waals surface area contributed by atoms with E-state index >= 15 is 0 Å². The molecule has 1 aromatic heterocycles. The zero-order chi connectivity index (χ0) is 23.6. The van der Waals surface area contributed by atoms with Crippen molar-refractivity contribution in [2.24, 2.45) is 0 Å². The van der Waals surface area contributed by atoms with E-state index in [0.717, 1.165) is 43.1 Å². The van der Waals surface area contributed by atoms with E-state index in [1.165, 1.54) is 22.1 Å². The maximum absolute atomic E-state index is 13.1. The van der Waals surface area contributed by atoms with Crippen LogP contribution in [0.5, 0.6) is 5.75 Å². The zero-order valence-electron chi connectivity index (χ0n) is 19.3. The molecule has 0 bridgehead atoms. The number of nitrogens with one attached hydrogen (secondary N) is 1. The lowest BCUT2D eigenvalue weighted by molar-refractivity contribution is -0.113. The summed E-state index contributed by atoms with van der Waals surface area (Å²) in [6, 6.07) is 5.09. The third-order valence-corrected chi connectivity index (χ3v) is 8.46. The lowest BCUT2D eigenvalue weighted by Gasteiger charge is -2.26. The largest absolute Gasteiger partial charge is 0.489 e. The first-order valence-electron chi connectivity index (χ1n) is 11.4. The Morgan fingerprint density at radius 2 is 1.94 bits per heavy atom. The number of amides is 1. The molecule has 1 aromatic carbocycles. The highest BCUT2D eigenvalue weighted by Gasteiger charge is 2.29. The minimum atomic E-state index is -3.63. The van der Waals surface area contributed by atoms with Gasteiger partial charge in [0.25, 0.3) is 0 Å². The quantitative estimate of drug-likeness (QED) is 0.532. The first-order chi connectivity index (χ1) is 15.8. The van der Waals surface area contributed by atoms with Gasteiger partial charge in [-0.25, -0.2) is 8.42 Å². The van der Waals surface area contributed by atoms with Gasteiger partial charge in [0.05, 0.1) is 22.4 Å². The summed E-state index contributed by atoms with van der Waals surface area (Å²) in [6.45, 7) is 6.72. The fraction of sp³-hybridized carbons (Fsp3) is 0.591. The molecule has 0 unspecified atom stereocenters. The molecule has 0 spiro atoms. The summed E-state index contributed by atoms with van der Waals surface area (Å²) in [4.78, 5) is 12.9. The van der Waals surface area contributed by atoms with Crippen molar-refractivity contribution in [3.05, 3.63) is 24.0 Å². The van der Waals surface area contributed by atoms with E-state index in [0.29, 0.717) is 30.6 Å². The van der Waals surface area contributed by atoms with Gasteiger partial charge in [-0.05, 0) is 64.7 Å². The van der Waals surface area contributed by atoms with Crippen molar-refractivity contribution in [1.29, 1.82) is 0 Å². The van der Waals surface area contributed by atoms with Crippen LogP contribution in [-0.2, 0) is 14.8 Å². The Morgan fingerprint density at radius 1 is 1.21 bits per heavy atom. The Labute approximate surface area is 199 Å². The van der Waals surface area contributed by atoms with Gasteiger partial charge in [-0.3, -0.25) is 4.79 Å². The molecule has 2 fully saturated rings. The number of ether oxygens (including phenoxy) is 1. The molecule has 0 radical (unpaired) electrons. The van der Waals surface area contributed by atoms with Crippen LogP contribution in [-0.4, -0.2) is 58.3 Å². The first kappa shape index (κ1) is 24.0. The van der Waals surface area contributed by atoms with E-state index < -0.39 is 10.0 Å². The number of carbonyl (C=O) groups is 1. The van der Waals surface area contributed by atoms with E-state index in [4.69, 9.17) is 4.74 Å². The number of benzene rings is 1. The number of piperidine rings is 1. The second-order valence-electron chi connectivity index (χ2n) is 8.76. The Balaban J connectivity index is 1.50. The van der Waals surface area contributed by atoms with E-state index in [9.17, 15) is 13.2 Å². The van der Waals surface area contributed by atoms with Crippen molar-refractivity contribution in [3.63, 3.8) is 0 Å². The normalized spacial score (nSPS) is 17.3. The second kappa shape index (κ2) is 10.0. The molecule has 33 heavy (non-hydrogen) atoms. The van der Waals surface area contributed by atoms with E-state index in [2.05, 4.69) is 20.1 Å². The molecule has 0 atom stereocenters. The van der Waals surface area contributed by atoms with Crippen LogP contribution in [0.15, 0.2) is 28.3 Å². The van der Waals surface area contributed by atoms with Gasteiger partial charge in [0.1, 0.15) is 11.6 Å². The standard InChI is InChI=1S/C22H31N5O4S2/c1-15(2)31-20-10-9-18(33(29,30)26-11-5-4-6-12-26)13-19(20)23-21(28)14-32-22-25-24-16(3)27(22)17-7-8-17/h9-10,13,15,17H,4-8,11-12,14H2,1-3H3,(H,23,28). The minimum absolute atomic E-state index is 0.125. The minimum Gasteiger partial charge on any atom is -0.489 e. The Hall–Kier alpha value is -2.11. The SMILES string of the molecule is Cc1nnc(SCC(=O)Nc2cc(S(=O)(=O)N3CCCCC3)ccc2OC(C)C)n1C1CC1. The number of nitrogens with zero attached hydrogens (tertiary/aromatic N) is 4. The van der Waals surface area contributed by atoms with E-state index in [-0.39, 0.29) is 22.7 Å². The average molecular weight is 494 g/mol. The van der Waals surface area contributed by atoms with E-state index in [1.54, 1.807) is 12.1 Å². The summed E-state index contributed by atoms with van der Waals surface area (Å²) in [7, 11) is -3.63. The van der Waals surface area contributed by atoms with Gasteiger partial charge in [-0.1, -0.05) is 18.2 Å². The number of rotatable bonds is 9. The number of aromatic nitrogens is 3. The van der Waals surface area contributed by atoms with Crippen molar-refractivity contribution in [1.82, 2.24) is 19.1 Å². The summed E-state index contributed by atoms with van der Waals surface area (Å²) >= 11 is 1.33. The molecule has 4 rings (SSSR count). The highest BCUT2D eigenvalue weighted by atomic mass is 32.2. The number of anilines is 1. The molecule has 11 heteroatoms. The number of hydrogen-bond donors (Lipinski definition) is 1. The Kier molecular flexibility index (Phi) is 7.30. The topological polar surface area (TPSA) is 106 Å². The van der Waals surface area contributed by atoms with Gasteiger partial charge in [-0.2, -0.15) is 4.31 Å². The lowest BCUT2D eigenvalue weighted by Crippen LogP contribution is -2.35. The van der Waals surface area contributed by atoms with Crippen molar-refractivity contribution >= 4 is 33.4 Å². The third kappa shape index (κ3) is 5.70. The predicted octanol–water partition coefficient (Wildman–Crippen LogP) is 3.61. The summed E-state index contributed by atoms with van der Waals surface area (Å²) in [5.74, 6) is 1.17. The summed E-state index contributed by atoms with van der Waals surface area (Å²) in [5, 5.41) is 11.9. The van der Waals surface area contributed by atoms with Crippen LogP contribution in [0.3, 0.4) is 0 Å². The van der Waals surface area contributed by atoms with Crippen LogP contribution in [0, 0.1) is 6.92 Å². The fourth-order valence-electron chi connectivity index (χ4n) is 3.90. The van der Waals surface area contributed by atoms with Crippen molar-refractivity contribution in [2.75, 3.05) is 24.2 Å². The molecule has 2 aromatic rings. The molecule has 9 nitrogen and oxygen atoms in total. The summed E-state index contributed by atoms with van der Waals surface area (Å²) in [5.41, 5.74) is 0.354. The molecular formula is C22H31N5O4S2. The van der Waals surface area contributed by atoms with Crippen molar-refractivity contribution in [2.45, 2.75) is 75.1 Å². The molecule has 1 amide bonds. The van der Waals surface area contributed by atoms with E-state index in [1.807, 2.05) is 20.8 Å². The van der Waals surface area contributed by atoms with Crippen LogP contribution in [0.2, 0.25) is 0 Å². The first-order valence-corrected chi connectivity index (χ1v) is 13.8. The summed E-state index contributed by atoms with van der Waals surface area (Å²) in [6.07, 6.45) is 4.85. The molecule has 1 saturated heterocycles. The molecule has 2 aliphatic rings. The molecular weight excluding hydrogens is 462 g/mol. The van der Waals surface area contributed by atoms with Crippen LogP contribution < -0.4 is 10.1 Å². The average Bonchev–Trinajstić information content (AvgIpc) is 3.55. The van der Waals surface area contributed by atoms with Crippen LogP contribution in [0.4, 0.5) is 5.69 Å². The third-order valence-electron chi connectivity index (χ3n) is 5.62. The number of thioether (sulfide) groups is 1. The molecule has 1 N–H and O–H groups in total. The lowest BCUT2D eigenvalue weighted by atomic mass is 10.2. The highest BCUT2D eigenvalue weighted by molar-refractivity contribution is 7.99. The molecule has 180 valence electrons. The predicted molar refractivity (Wildman–Crippen MR) is 127 cm³/mol. The van der Waals surface area contributed by atoms with Gasteiger partial charge >= 0.3 is 0 Å². The highest BCUT2D eigenvalue weighted by Crippen LogP contribution is 2.38. The number of carbonyl (C=O) groups excluding carboxylic acids is 1. The van der Waals surface area contributed by atoms with Crippen molar-refractivity contribution < 1.29 is 17.9 Å². The second-order valence-corrected chi connectivity index (χ2v) is 11.6. The Bertz CT molecular complexity index is 1110. The maximum atomic E-state index is 13.1. The van der Waals surface area contributed by atoms with Gasteiger partial charge in [0.15, 0.2) is 5.16 Å². The van der Waals surface area contributed by atoms with Crippen LogP contribution in [0.25, 0.3) is 0 Å². The van der Waals surface area contributed by atoms with Crippen LogP contribution in [0.1, 0.15) is 57.8 Å². The zero-order valence-corrected chi connectivity index (χ0v) is 20.9. The van der Waals surface area contributed by atoms with Gasteiger partial charge in [0.2, 0.25) is 15.9 Å². The fourth-order valence-corrected chi connectivity index (χ4v) is 6.29.